The van der Waals surface area contributed by atoms with Gasteiger partial charge in [-0.3, -0.25) is 4.98 Å². The van der Waals surface area contributed by atoms with Crippen molar-refractivity contribution in [2.24, 2.45) is 17.8 Å². The average Bonchev–Trinajstić information content (AvgIpc) is 4.13. The van der Waals surface area contributed by atoms with Crippen molar-refractivity contribution in [1.82, 2.24) is 14.5 Å². The summed E-state index contributed by atoms with van der Waals surface area (Å²) in [6.45, 7) is 30.9. The van der Waals surface area contributed by atoms with E-state index in [2.05, 4.69) is 238 Å². The van der Waals surface area contributed by atoms with Crippen molar-refractivity contribution in [3.05, 3.63) is 187 Å². The summed E-state index contributed by atoms with van der Waals surface area (Å²) >= 11 is 0. The smallest absolute Gasteiger partial charge is 0.121 e. The van der Waals surface area contributed by atoms with Crippen LogP contribution in [0.25, 0.3) is 94.0 Å². The fourth-order valence-electron chi connectivity index (χ4n) is 12.3. The third-order valence-corrected chi connectivity index (χ3v) is 23.9. The first-order valence-corrected chi connectivity index (χ1v) is 34.4. The third-order valence-electron chi connectivity index (χ3n) is 15.6. The van der Waals surface area contributed by atoms with Gasteiger partial charge < -0.3 is 14.0 Å². The van der Waals surface area contributed by atoms with Crippen molar-refractivity contribution in [3.8, 4) is 39.5 Å². The number of benzene rings is 8. The van der Waals surface area contributed by atoms with E-state index in [-0.39, 0.29) is 31.9 Å². The Morgan fingerprint density at radius 3 is 1.78 bits per heavy atom. The molecule has 3 aromatic heterocycles. The Labute approximate surface area is 480 Å². The summed E-state index contributed by atoms with van der Waals surface area (Å²) in [5.74, 6) is 3.46. The molecule has 0 bridgehead atoms. The van der Waals surface area contributed by atoms with E-state index in [0.29, 0.717) is 17.8 Å². The van der Waals surface area contributed by atoms with Crippen LogP contribution in [-0.4, -0.2) is 30.7 Å². The number of aromatic nitrogens is 3. The molecule has 0 saturated carbocycles. The van der Waals surface area contributed by atoms with Crippen molar-refractivity contribution in [2.45, 2.75) is 119 Å². The van der Waals surface area contributed by atoms with Crippen LogP contribution in [0.15, 0.2) is 168 Å². The zero-order valence-electron chi connectivity index (χ0n) is 48.2. The fraction of sp³-hybridized carbons (Fsp3) is 0.296. The second-order valence-electron chi connectivity index (χ2n) is 24.7. The minimum atomic E-state index is -1.73. The van der Waals surface area contributed by atoms with Gasteiger partial charge in [-0.05, 0) is 121 Å². The van der Waals surface area contributed by atoms with Gasteiger partial charge in [0.05, 0.1) is 38.6 Å². The standard InChI is InChI=1S/C57H61N2OSi.C14H16NSi.Ir/c1-35(2)32-61(33-36(3)4,34-37(5)6)44-26-24-40(25-27-44)43-29-48(38(7)8)55(49(30-43)39(9)10)59-53-21-14-13-20-52(53)58-57(59)47-19-15-18-46-51-28-42-23-22-41-16-11-12-17-45(41)50(42)31-54(51)60-56(46)47;1-16(2,3)13-9-10-14(15-11-13)12-7-5-4-6-8-12;/h11-18,20-31,35-39H,32-34H2,1-10H3;4-7,9-11H,1-3H3;/q2*-1;. The summed E-state index contributed by atoms with van der Waals surface area (Å²) in [4.78, 5) is 9.95. The molecule has 401 valence electrons. The number of imidazole rings is 1. The van der Waals surface area contributed by atoms with Crippen LogP contribution < -0.4 is 10.4 Å². The monoisotopic (exact) mass is 1240 g/mol. The van der Waals surface area contributed by atoms with Crippen LogP contribution in [0, 0.1) is 29.9 Å². The van der Waals surface area contributed by atoms with Gasteiger partial charge in [-0.15, -0.1) is 54.1 Å². The molecule has 0 aliphatic carbocycles. The molecular formula is C71H77IrN3OSi2-2. The molecule has 8 aromatic carbocycles. The van der Waals surface area contributed by atoms with E-state index >= 15 is 0 Å². The molecule has 3 heterocycles. The largest absolute Gasteiger partial charge is 0.501 e. The average molecular weight is 1240 g/mol. The van der Waals surface area contributed by atoms with E-state index in [9.17, 15) is 0 Å². The molecule has 11 aromatic rings. The van der Waals surface area contributed by atoms with Crippen molar-refractivity contribution < 1.29 is 24.5 Å². The fourth-order valence-corrected chi connectivity index (χ4v) is 20.1. The van der Waals surface area contributed by atoms with Gasteiger partial charge in [-0.2, -0.15) is 0 Å². The molecule has 78 heavy (non-hydrogen) atoms. The number of hydrogen-bond donors (Lipinski definition) is 0. The van der Waals surface area contributed by atoms with Gasteiger partial charge in [-0.1, -0.05) is 208 Å². The zero-order chi connectivity index (χ0) is 54.3. The molecule has 0 N–H and O–H groups in total. The Kier molecular flexibility index (Phi) is 16.8. The van der Waals surface area contributed by atoms with Gasteiger partial charge in [0.25, 0.3) is 0 Å². The Bertz CT molecular complexity index is 3810. The van der Waals surface area contributed by atoms with Crippen LogP contribution in [-0.2, 0) is 20.1 Å². The minimum Gasteiger partial charge on any atom is -0.501 e. The Morgan fingerprint density at radius 2 is 1.17 bits per heavy atom. The van der Waals surface area contributed by atoms with Crippen LogP contribution in [0.2, 0.25) is 37.8 Å². The molecule has 0 aliphatic rings. The zero-order valence-corrected chi connectivity index (χ0v) is 52.6. The number of fused-ring (bicyclic) bond motifs is 7. The third kappa shape index (κ3) is 11.5. The predicted molar refractivity (Wildman–Crippen MR) is 337 cm³/mol. The molecule has 0 saturated heterocycles. The number of furan rings is 1. The van der Waals surface area contributed by atoms with Gasteiger partial charge in [-0.25, -0.2) is 0 Å². The maximum atomic E-state index is 6.93. The van der Waals surface area contributed by atoms with Gasteiger partial charge >= 0.3 is 0 Å². The van der Waals surface area contributed by atoms with Crippen LogP contribution in [0.1, 0.15) is 92.2 Å². The summed E-state index contributed by atoms with van der Waals surface area (Å²) in [5, 5.41) is 10.1. The van der Waals surface area contributed by atoms with E-state index < -0.39 is 16.1 Å². The molecule has 4 nitrogen and oxygen atoms in total. The topological polar surface area (TPSA) is 43.9 Å². The summed E-state index contributed by atoms with van der Waals surface area (Å²) < 4.78 is 9.34. The minimum absolute atomic E-state index is 0. The first-order chi connectivity index (χ1) is 36.9. The summed E-state index contributed by atoms with van der Waals surface area (Å²) in [6.07, 6.45) is 2.02. The molecule has 0 spiro atoms. The van der Waals surface area contributed by atoms with E-state index in [0.717, 1.165) is 55.6 Å². The van der Waals surface area contributed by atoms with Crippen molar-refractivity contribution >= 4 is 81.0 Å². The van der Waals surface area contributed by atoms with Crippen LogP contribution in [0.5, 0.6) is 0 Å². The van der Waals surface area contributed by atoms with E-state index in [4.69, 9.17) is 9.40 Å². The van der Waals surface area contributed by atoms with Crippen LogP contribution in [0.4, 0.5) is 0 Å². The quantitative estimate of drug-likeness (QED) is 0.0619. The van der Waals surface area contributed by atoms with Gasteiger partial charge in [0.15, 0.2) is 0 Å². The number of rotatable bonds is 14. The summed E-state index contributed by atoms with van der Waals surface area (Å²) in [6, 6.07) is 68.2. The second-order valence-corrected chi connectivity index (χ2v) is 34.2. The number of hydrogen-bond acceptors (Lipinski definition) is 3. The molecule has 0 aliphatic heterocycles. The van der Waals surface area contributed by atoms with Crippen molar-refractivity contribution in [3.63, 3.8) is 0 Å². The second kappa shape index (κ2) is 23.2. The number of para-hydroxylation sites is 2. The molecule has 7 heteroatoms. The van der Waals surface area contributed by atoms with Gasteiger partial charge in [0.2, 0.25) is 0 Å². The van der Waals surface area contributed by atoms with Crippen LogP contribution >= 0.6 is 0 Å². The first kappa shape index (κ1) is 56.5. The maximum Gasteiger partial charge on any atom is 0.121 e. The van der Waals surface area contributed by atoms with Gasteiger partial charge in [0.1, 0.15) is 5.58 Å². The van der Waals surface area contributed by atoms with Gasteiger partial charge in [0, 0.05) is 37.4 Å². The number of nitrogens with zero attached hydrogens (tertiary/aromatic N) is 3. The molecule has 0 atom stereocenters. The molecule has 11 rings (SSSR count). The molecule has 0 fully saturated rings. The van der Waals surface area contributed by atoms with E-state index in [1.54, 1.807) is 5.19 Å². The Hall–Kier alpha value is -6.22. The van der Waals surface area contributed by atoms with E-state index in [1.807, 2.05) is 36.5 Å². The molecule has 0 unspecified atom stereocenters. The summed E-state index contributed by atoms with van der Waals surface area (Å²) in [5.41, 5.74) is 13.1. The van der Waals surface area contributed by atoms with E-state index in [1.165, 1.54) is 72.8 Å². The Balaban J connectivity index is 0.000000373. The van der Waals surface area contributed by atoms with Crippen molar-refractivity contribution in [1.29, 1.82) is 0 Å². The molecular weight excluding hydrogens is 1160 g/mol. The molecule has 0 amide bonds. The van der Waals surface area contributed by atoms with Crippen molar-refractivity contribution in [2.75, 3.05) is 0 Å². The maximum absolute atomic E-state index is 6.93. The summed E-state index contributed by atoms with van der Waals surface area (Å²) in [7, 11) is -2.96. The predicted octanol–water partition coefficient (Wildman–Crippen LogP) is 19.3. The first-order valence-electron chi connectivity index (χ1n) is 28.3. The SMILES string of the molecule is CC(C)C[Si](CC(C)C)(CC(C)C)c1ccc(-c2cc(C(C)C)c(-n3c(-c4[c-]ccc5c4oc4cc6c(ccc7ccccc76)cc45)nc4ccccc43)c(C(C)C)c2)cc1.C[Si](C)(C)c1ccc(-c2[c-]cccc2)nc1.[Ir]. The number of pyridine rings is 1. The van der Waals surface area contributed by atoms with Crippen LogP contribution in [0.3, 0.4) is 0 Å². The molecule has 1 radical (unpaired) electrons. The Morgan fingerprint density at radius 1 is 0.538 bits per heavy atom. The normalized spacial score (nSPS) is 12.3.